The molecule has 12 aromatic rings. The van der Waals surface area contributed by atoms with E-state index in [2.05, 4.69) is 254 Å². The van der Waals surface area contributed by atoms with Crippen LogP contribution in [0.5, 0.6) is 23.0 Å². The average molecular weight is 936 g/mol. The molecule has 1 aromatic heterocycles. The van der Waals surface area contributed by atoms with Gasteiger partial charge in [-0.15, -0.1) is 11.3 Å². The fraction of sp³-hybridized carbons (Fsp3) is 0.0294. The van der Waals surface area contributed by atoms with Crippen LogP contribution in [0.2, 0.25) is 0 Å². The highest BCUT2D eigenvalue weighted by atomic mass is 32.1. The first-order valence-corrected chi connectivity index (χ1v) is 25.5. The van der Waals surface area contributed by atoms with Crippen LogP contribution in [0.25, 0.3) is 53.6 Å². The second-order valence-electron chi connectivity index (χ2n) is 19.4. The van der Waals surface area contributed by atoms with Gasteiger partial charge in [-0.25, -0.2) is 0 Å². The quantitative estimate of drug-likeness (QED) is 0.176. The number of nitrogens with zero attached hydrogens (tertiary/aromatic N) is 1. The highest BCUT2D eigenvalue weighted by Gasteiger charge is 2.53. The lowest BCUT2D eigenvalue weighted by Gasteiger charge is -2.39. The van der Waals surface area contributed by atoms with Gasteiger partial charge in [0, 0.05) is 59.4 Å². The van der Waals surface area contributed by atoms with Gasteiger partial charge in [0.2, 0.25) is 0 Å². The summed E-state index contributed by atoms with van der Waals surface area (Å²) in [6.45, 7) is 0. The summed E-state index contributed by atoms with van der Waals surface area (Å²) < 4.78 is 16.1. The monoisotopic (exact) mass is 935 g/mol. The lowest BCUT2D eigenvalue weighted by molar-refractivity contribution is 0.436. The summed E-state index contributed by atoms with van der Waals surface area (Å²) in [4.78, 5) is 2.50. The summed E-state index contributed by atoms with van der Waals surface area (Å²) in [6.07, 6.45) is 0. The second-order valence-corrected chi connectivity index (χ2v) is 20.5. The Hall–Kier alpha value is -8.96. The number of ether oxygens (including phenoxy) is 2. The van der Waals surface area contributed by atoms with Crippen molar-refractivity contribution in [2.24, 2.45) is 0 Å². The Bertz CT molecular complexity index is 4170. The van der Waals surface area contributed by atoms with Crippen molar-refractivity contribution in [2.45, 2.75) is 10.8 Å². The largest absolute Gasteiger partial charge is 0.457 e. The molecule has 0 unspecified atom stereocenters. The van der Waals surface area contributed by atoms with Crippen LogP contribution in [-0.2, 0) is 10.8 Å². The van der Waals surface area contributed by atoms with Crippen molar-refractivity contribution < 1.29 is 9.47 Å². The molecule has 3 heterocycles. The topological polar surface area (TPSA) is 21.7 Å². The molecule has 0 radical (unpaired) electrons. The molecule has 2 aliphatic heterocycles. The first-order chi connectivity index (χ1) is 35.7. The smallest absolute Gasteiger partial charge is 0.132 e. The predicted octanol–water partition coefficient (Wildman–Crippen LogP) is 18.1. The van der Waals surface area contributed by atoms with Crippen molar-refractivity contribution in [3.8, 4) is 56.4 Å². The van der Waals surface area contributed by atoms with Gasteiger partial charge >= 0.3 is 0 Å². The fourth-order valence-corrected chi connectivity index (χ4v) is 14.3. The van der Waals surface area contributed by atoms with Crippen molar-refractivity contribution in [3.63, 3.8) is 0 Å². The maximum absolute atomic E-state index is 6.74. The van der Waals surface area contributed by atoms with E-state index in [0.717, 1.165) is 62.3 Å². The summed E-state index contributed by atoms with van der Waals surface area (Å²) in [7, 11) is 0. The molecule has 4 aliphatic rings. The van der Waals surface area contributed by atoms with E-state index in [1.54, 1.807) is 0 Å². The second kappa shape index (κ2) is 14.8. The minimum Gasteiger partial charge on any atom is -0.457 e. The van der Waals surface area contributed by atoms with Crippen LogP contribution in [0, 0.1) is 0 Å². The molecule has 72 heavy (non-hydrogen) atoms. The first kappa shape index (κ1) is 39.8. The van der Waals surface area contributed by atoms with Crippen molar-refractivity contribution in [1.82, 2.24) is 0 Å². The molecule has 3 nitrogen and oxygen atoms in total. The van der Waals surface area contributed by atoms with Gasteiger partial charge in [-0.05, 0) is 123 Å². The van der Waals surface area contributed by atoms with Crippen LogP contribution in [0.3, 0.4) is 0 Å². The summed E-state index contributed by atoms with van der Waals surface area (Å²) in [5.41, 5.74) is 18.9. The minimum atomic E-state index is -0.611. The lowest BCUT2D eigenvalue weighted by atomic mass is 9.66. The van der Waals surface area contributed by atoms with Gasteiger partial charge in [0.25, 0.3) is 0 Å². The number of rotatable bonds is 4. The number of para-hydroxylation sites is 4. The fourth-order valence-electron chi connectivity index (χ4n) is 13.2. The number of benzene rings is 11. The molecule has 2 aliphatic carbocycles. The normalized spacial score (nSPS) is 14.3. The summed E-state index contributed by atoms with van der Waals surface area (Å²) in [6, 6.07) is 91.5. The molecule has 0 atom stereocenters. The molecule has 16 rings (SSSR count). The van der Waals surface area contributed by atoms with Gasteiger partial charge in [0.1, 0.15) is 23.0 Å². The van der Waals surface area contributed by atoms with Crippen LogP contribution < -0.4 is 14.4 Å². The molecule has 2 spiro atoms. The highest BCUT2D eigenvalue weighted by molar-refractivity contribution is 7.25. The third-order valence-corrected chi connectivity index (χ3v) is 17.2. The Morgan fingerprint density at radius 3 is 1.43 bits per heavy atom. The molecule has 0 amide bonds. The van der Waals surface area contributed by atoms with Crippen molar-refractivity contribution >= 4 is 48.6 Å². The Morgan fingerprint density at radius 2 is 0.778 bits per heavy atom. The van der Waals surface area contributed by atoms with Gasteiger partial charge < -0.3 is 14.4 Å². The lowest BCUT2D eigenvalue weighted by Crippen LogP contribution is -2.32. The maximum atomic E-state index is 6.74. The van der Waals surface area contributed by atoms with Gasteiger partial charge in [0.05, 0.1) is 16.5 Å². The average Bonchev–Trinajstić information content (AvgIpc) is 4.07. The summed E-state index contributed by atoms with van der Waals surface area (Å²) >= 11 is 1.86. The van der Waals surface area contributed by atoms with E-state index in [1.165, 1.54) is 75.8 Å². The van der Waals surface area contributed by atoms with Crippen molar-refractivity contribution in [1.29, 1.82) is 0 Å². The van der Waals surface area contributed by atoms with E-state index in [0.29, 0.717) is 0 Å². The standard InChI is InChI=1S/C68H41NO2S/c1-4-19-51-46(16-1)49-41-45(37-38-53(49)67(51)54-21-6-10-27-60(54)70-61-28-11-7-22-55(61)67)69(44-35-32-42(33-36-44)43-34-39-65-50(40-43)47-17-3-14-31-64(47)72-65)59-26-15-25-58-66(59)48-18-2-5-20-52(48)68(58)56-23-8-12-29-62(56)71-63-30-13-9-24-57(63)68/h1-41H. The zero-order valence-electron chi connectivity index (χ0n) is 38.8. The SMILES string of the molecule is c1ccc2c(c1)Oc1ccccc1C21c2ccccc2-c2cc(N(c3ccc(-c4ccc5sc6ccccc6c5c4)cc3)c3cccc4c3-c3ccccc3C43c4ccccc4Oc4ccccc43)ccc21. The molecule has 0 N–H and O–H groups in total. The number of thiophene rings is 1. The third kappa shape index (κ3) is 5.18. The Labute approximate surface area is 421 Å². The minimum absolute atomic E-state index is 0.569. The van der Waals surface area contributed by atoms with Crippen LogP contribution >= 0.6 is 11.3 Å². The molecule has 0 saturated heterocycles. The maximum Gasteiger partial charge on any atom is 0.132 e. The third-order valence-electron chi connectivity index (χ3n) is 16.0. The molecular weight excluding hydrogens is 895 g/mol. The van der Waals surface area contributed by atoms with Crippen LogP contribution in [-0.4, -0.2) is 0 Å². The van der Waals surface area contributed by atoms with Crippen molar-refractivity contribution in [3.05, 3.63) is 293 Å². The molecular formula is C68H41NO2S. The van der Waals surface area contributed by atoms with E-state index in [1.807, 2.05) is 11.3 Å². The summed E-state index contributed by atoms with van der Waals surface area (Å²) in [5.74, 6) is 3.54. The van der Waals surface area contributed by atoms with E-state index in [9.17, 15) is 0 Å². The molecule has 4 heteroatoms. The zero-order valence-corrected chi connectivity index (χ0v) is 39.7. The molecule has 0 saturated carbocycles. The van der Waals surface area contributed by atoms with E-state index >= 15 is 0 Å². The summed E-state index contributed by atoms with van der Waals surface area (Å²) in [5, 5.41) is 2.61. The van der Waals surface area contributed by atoms with Gasteiger partial charge in [-0.2, -0.15) is 0 Å². The Kier molecular flexibility index (Phi) is 8.18. The van der Waals surface area contributed by atoms with E-state index < -0.39 is 10.8 Å². The number of anilines is 3. The van der Waals surface area contributed by atoms with Gasteiger partial charge in [0.15, 0.2) is 0 Å². The first-order valence-electron chi connectivity index (χ1n) is 24.7. The van der Waals surface area contributed by atoms with Crippen LogP contribution in [0.1, 0.15) is 44.5 Å². The van der Waals surface area contributed by atoms with E-state index in [4.69, 9.17) is 9.47 Å². The zero-order chi connectivity index (χ0) is 47.1. The number of fused-ring (bicyclic) bond motifs is 21. The molecule has 11 aromatic carbocycles. The molecule has 0 bridgehead atoms. The van der Waals surface area contributed by atoms with Crippen molar-refractivity contribution in [2.75, 3.05) is 4.90 Å². The Morgan fingerprint density at radius 1 is 0.306 bits per heavy atom. The Balaban J connectivity index is 0.948. The number of hydrogen-bond acceptors (Lipinski definition) is 4. The molecule has 0 fully saturated rings. The highest BCUT2D eigenvalue weighted by Crippen LogP contribution is 2.66. The van der Waals surface area contributed by atoms with Gasteiger partial charge in [-0.3, -0.25) is 0 Å². The van der Waals surface area contributed by atoms with E-state index in [-0.39, 0.29) is 0 Å². The van der Waals surface area contributed by atoms with Gasteiger partial charge in [-0.1, -0.05) is 176 Å². The predicted molar refractivity (Wildman–Crippen MR) is 294 cm³/mol. The van der Waals surface area contributed by atoms with Crippen LogP contribution in [0.4, 0.5) is 17.1 Å². The van der Waals surface area contributed by atoms with Crippen LogP contribution in [0.15, 0.2) is 249 Å². The molecule has 336 valence electrons. The number of hydrogen-bond donors (Lipinski definition) is 0.